The van der Waals surface area contributed by atoms with Crippen molar-refractivity contribution >= 4 is 22.9 Å². The molecule has 1 saturated carbocycles. The Morgan fingerprint density at radius 3 is 2.52 bits per heavy atom. The summed E-state index contributed by atoms with van der Waals surface area (Å²) in [5.41, 5.74) is 0.481. The number of aliphatic hydroxyl groups is 1. The topological polar surface area (TPSA) is 46.5 Å². The summed E-state index contributed by atoms with van der Waals surface area (Å²) in [4.78, 5) is 13.2. The van der Waals surface area contributed by atoms with E-state index in [-0.39, 0.29) is 36.7 Å². The maximum atomic E-state index is 14.9. The van der Waals surface area contributed by atoms with E-state index in [1.54, 1.807) is 31.4 Å². The van der Waals surface area contributed by atoms with Gasteiger partial charge in [-0.15, -0.1) is 0 Å². The van der Waals surface area contributed by atoms with Crippen LogP contribution >= 0.6 is 12.2 Å². The summed E-state index contributed by atoms with van der Waals surface area (Å²) in [5.74, 6) is -0.491. The molecule has 0 saturated heterocycles. The van der Waals surface area contributed by atoms with E-state index in [4.69, 9.17) is 17.0 Å². The average molecular weight is 415 g/mol. The van der Waals surface area contributed by atoms with Gasteiger partial charge in [-0.3, -0.25) is 4.79 Å². The Hall–Kier alpha value is -1.95. The molecule has 154 valence electrons. The Morgan fingerprint density at radius 2 is 1.86 bits per heavy atom. The van der Waals surface area contributed by atoms with E-state index in [0.29, 0.717) is 28.8 Å². The number of carbonyl (C=O) groups excluding carboxylic acids is 1. The number of benzene rings is 2. The lowest BCUT2D eigenvalue weighted by atomic mass is 9.59. The predicted molar refractivity (Wildman–Crippen MR) is 116 cm³/mol. The Labute approximate surface area is 176 Å². The molecule has 0 bridgehead atoms. The van der Waals surface area contributed by atoms with Crippen LogP contribution in [0.1, 0.15) is 48.0 Å². The third kappa shape index (κ3) is 4.80. The molecule has 0 unspecified atom stereocenters. The molecular formula is C24H27FO3S. The van der Waals surface area contributed by atoms with E-state index in [9.17, 15) is 14.3 Å². The molecule has 1 aliphatic rings. The highest BCUT2D eigenvalue weighted by atomic mass is 32.1. The lowest BCUT2D eigenvalue weighted by Crippen LogP contribution is -2.47. The van der Waals surface area contributed by atoms with Crippen LogP contribution in [0.4, 0.5) is 4.39 Å². The molecule has 1 N–H and O–H groups in total. The number of carbonyl (C=O) groups is 1. The molecule has 1 aliphatic carbocycles. The maximum absolute atomic E-state index is 14.9. The van der Waals surface area contributed by atoms with Gasteiger partial charge in [-0.05, 0) is 43.2 Å². The molecule has 1 fully saturated rings. The molecule has 3 nitrogen and oxygen atoms in total. The number of hydrogen-bond donors (Lipinski definition) is 1. The Balaban J connectivity index is 1.92. The Kier molecular flexibility index (Phi) is 7.28. The highest BCUT2D eigenvalue weighted by molar-refractivity contribution is 7.80. The van der Waals surface area contributed by atoms with E-state index in [1.165, 1.54) is 6.07 Å². The minimum absolute atomic E-state index is 0.0370. The normalized spacial score (nSPS) is 24.2. The quantitative estimate of drug-likeness (QED) is 0.493. The number of aliphatic hydroxyl groups excluding tert-OH is 1. The number of ether oxygens (including phenoxy) is 1. The van der Waals surface area contributed by atoms with Gasteiger partial charge in [0.1, 0.15) is 5.82 Å². The van der Waals surface area contributed by atoms with Crippen LogP contribution in [0.3, 0.4) is 0 Å². The van der Waals surface area contributed by atoms with Crippen molar-refractivity contribution < 1.29 is 19.0 Å². The van der Waals surface area contributed by atoms with Gasteiger partial charge in [-0.1, -0.05) is 60.7 Å². The van der Waals surface area contributed by atoms with Gasteiger partial charge in [-0.25, -0.2) is 4.39 Å². The SMILES string of the molecule is CO[C@H]1CC[C@@H](CO)[C@](CC(=S)CC(=O)c2ccccc2)(c2ccccc2F)C1. The van der Waals surface area contributed by atoms with Crippen LogP contribution in [0.25, 0.3) is 0 Å². The van der Waals surface area contributed by atoms with Crippen molar-refractivity contribution in [1.29, 1.82) is 0 Å². The first-order valence-electron chi connectivity index (χ1n) is 9.98. The third-order valence-electron chi connectivity index (χ3n) is 6.14. The molecule has 29 heavy (non-hydrogen) atoms. The molecule has 3 rings (SSSR count). The molecule has 0 spiro atoms. The van der Waals surface area contributed by atoms with Crippen LogP contribution in [-0.2, 0) is 10.2 Å². The first-order valence-corrected chi connectivity index (χ1v) is 10.4. The first kappa shape index (κ1) is 21.8. The van der Waals surface area contributed by atoms with Gasteiger partial charge < -0.3 is 9.84 Å². The molecule has 2 aromatic carbocycles. The summed E-state index contributed by atoms with van der Waals surface area (Å²) in [5, 5.41) is 10.1. The van der Waals surface area contributed by atoms with Crippen molar-refractivity contribution in [3.05, 3.63) is 71.5 Å². The predicted octanol–water partition coefficient (Wildman–Crippen LogP) is 4.90. The van der Waals surface area contributed by atoms with E-state index >= 15 is 0 Å². The van der Waals surface area contributed by atoms with Crippen LogP contribution in [0, 0.1) is 11.7 Å². The van der Waals surface area contributed by atoms with Crippen LogP contribution in [0.5, 0.6) is 0 Å². The summed E-state index contributed by atoms with van der Waals surface area (Å²) in [6.07, 6.45) is 2.56. The lowest BCUT2D eigenvalue weighted by molar-refractivity contribution is -0.00201. The number of ketones is 1. The van der Waals surface area contributed by atoms with Crippen LogP contribution in [0.15, 0.2) is 54.6 Å². The smallest absolute Gasteiger partial charge is 0.167 e. The van der Waals surface area contributed by atoms with Gasteiger partial charge in [0.25, 0.3) is 0 Å². The minimum atomic E-state index is -0.687. The summed E-state index contributed by atoms with van der Waals surface area (Å²) >= 11 is 5.64. The molecule has 0 aliphatic heterocycles. The summed E-state index contributed by atoms with van der Waals surface area (Å²) < 4.78 is 20.5. The molecule has 0 amide bonds. The van der Waals surface area contributed by atoms with Crippen molar-refractivity contribution in [3.8, 4) is 0 Å². The fourth-order valence-electron chi connectivity index (χ4n) is 4.63. The lowest BCUT2D eigenvalue weighted by Gasteiger charge is -2.47. The molecule has 3 atom stereocenters. The van der Waals surface area contributed by atoms with Crippen molar-refractivity contribution in [2.75, 3.05) is 13.7 Å². The zero-order chi connectivity index (χ0) is 20.9. The van der Waals surface area contributed by atoms with Crippen LogP contribution in [0.2, 0.25) is 0 Å². The Morgan fingerprint density at radius 1 is 1.17 bits per heavy atom. The van der Waals surface area contributed by atoms with Crippen LogP contribution < -0.4 is 0 Å². The molecule has 2 aromatic rings. The zero-order valence-electron chi connectivity index (χ0n) is 16.6. The summed E-state index contributed by atoms with van der Waals surface area (Å²) in [7, 11) is 1.66. The van der Waals surface area contributed by atoms with Gasteiger partial charge in [0.2, 0.25) is 0 Å². The number of hydrogen-bond acceptors (Lipinski definition) is 4. The number of methoxy groups -OCH3 is 1. The van der Waals surface area contributed by atoms with Crippen LogP contribution in [-0.4, -0.2) is 35.6 Å². The fourth-order valence-corrected chi connectivity index (χ4v) is 5.02. The fraction of sp³-hybridized carbons (Fsp3) is 0.417. The van der Waals surface area contributed by atoms with Gasteiger partial charge in [0.05, 0.1) is 6.10 Å². The summed E-state index contributed by atoms with van der Waals surface area (Å²) in [6.45, 7) is -0.0555. The minimum Gasteiger partial charge on any atom is -0.396 e. The second-order valence-corrected chi connectivity index (χ2v) is 8.41. The highest BCUT2D eigenvalue weighted by Crippen LogP contribution is 2.48. The zero-order valence-corrected chi connectivity index (χ0v) is 17.5. The molecule has 0 aromatic heterocycles. The monoisotopic (exact) mass is 414 g/mol. The number of Topliss-reactive ketones (excluding diaryl/α,β-unsaturated/α-hetero) is 1. The van der Waals surface area contributed by atoms with E-state index in [0.717, 1.165) is 12.8 Å². The number of thiocarbonyl (C=S) groups is 1. The Bertz CT molecular complexity index is 854. The van der Waals surface area contributed by atoms with Gasteiger partial charge in [-0.2, -0.15) is 0 Å². The standard InChI is InChI=1S/C24H27FO3S/c1-28-19-12-11-18(16-26)24(14-19,21-9-5-6-10-22(21)25)15-20(29)13-23(27)17-7-3-2-4-8-17/h2-10,18-19,26H,11-16H2,1H3/t18-,19-,24-/m0/s1. The summed E-state index contributed by atoms with van der Waals surface area (Å²) in [6, 6.07) is 15.7. The van der Waals surface area contributed by atoms with Gasteiger partial charge >= 0.3 is 0 Å². The molecular weight excluding hydrogens is 387 g/mol. The highest BCUT2D eigenvalue weighted by Gasteiger charge is 2.47. The average Bonchev–Trinajstić information content (AvgIpc) is 2.74. The van der Waals surface area contributed by atoms with Gasteiger partial charge in [0, 0.05) is 36.0 Å². The van der Waals surface area contributed by atoms with Crippen molar-refractivity contribution in [2.24, 2.45) is 5.92 Å². The second kappa shape index (κ2) is 9.70. The number of halogens is 1. The maximum Gasteiger partial charge on any atom is 0.167 e. The van der Waals surface area contributed by atoms with Crippen molar-refractivity contribution in [1.82, 2.24) is 0 Å². The largest absolute Gasteiger partial charge is 0.396 e. The van der Waals surface area contributed by atoms with Crippen molar-refractivity contribution in [3.63, 3.8) is 0 Å². The number of rotatable bonds is 8. The van der Waals surface area contributed by atoms with Gasteiger partial charge in [0.15, 0.2) is 5.78 Å². The first-order chi connectivity index (χ1) is 14.0. The molecule has 0 heterocycles. The van der Waals surface area contributed by atoms with Crippen molar-refractivity contribution in [2.45, 2.75) is 43.6 Å². The third-order valence-corrected chi connectivity index (χ3v) is 6.43. The van der Waals surface area contributed by atoms with E-state index < -0.39 is 5.41 Å². The molecule has 5 heteroatoms. The van der Waals surface area contributed by atoms with E-state index in [1.807, 2.05) is 24.3 Å². The van der Waals surface area contributed by atoms with E-state index in [2.05, 4.69) is 0 Å². The second-order valence-electron chi connectivity index (χ2n) is 7.84. The molecule has 0 radical (unpaired) electrons.